The molecule has 1 aliphatic heterocycles. The molecule has 3 amide bonds. The van der Waals surface area contributed by atoms with Crippen LogP contribution in [-0.2, 0) is 14.4 Å². The second kappa shape index (κ2) is 4.44. The average Bonchev–Trinajstić information content (AvgIpc) is 2.45. The number of rotatable bonds is 3. The molecule has 1 saturated heterocycles. The first-order valence-corrected chi connectivity index (χ1v) is 5.58. The third-order valence-corrected chi connectivity index (χ3v) is 3.36. The lowest BCUT2D eigenvalue weighted by Crippen LogP contribution is -2.48. The number of likely N-dealkylation sites (tertiary alicyclic amines) is 1. The van der Waals surface area contributed by atoms with Crippen LogP contribution in [0.3, 0.4) is 0 Å². The minimum atomic E-state index is -0.885. The molecule has 3 N–H and O–H groups in total. The summed E-state index contributed by atoms with van der Waals surface area (Å²) in [5.41, 5.74) is 1.16. The van der Waals surface area contributed by atoms with Crippen LogP contribution in [0.2, 0.25) is 0 Å². The molecule has 0 aromatic heterocycles. The number of nitrogens with zero attached hydrogens (tertiary/aromatic N) is 1. The van der Waals surface area contributed by atoms with Crippen molar-refractivity contribution in [2.75, 3.05) is 6.54 Å². The highest BCUT2D eigenvalue weighted by Gasteiger charge is 2.45. The Kier molecular flexibility index (Phi) is 3.56. The number of hydrogen-bond donors (Lipinski definition) is 2. The number of amides is 3. The monoisotopic (exact) mass is 241 g/mol. The second-order valence-electron chi connectivity index (χ2n) is 5.20. The zero-order valence-electron chi connectivity index (χ0n) is 10.6. The van der Waals surface area contributed by atoms with Crippen LogP contribution in [0.25, 0.3) is 0 Å². The van der Waals surface area contributed by atoms with Crippen LogP contribution >= 0.6 is 0 Å². The van der Waals surface area contributed by atoms with E-state index < -0.39 is 11.3 Å². The smallest absolute Gasteiger partial charge is 0.241 e. The van der Waals surface area contributed by atoms with E-state index in [-0.39, 0.29) is 30.2 Å². The first kappa shape index (κ1) is 13.6. The molecule has 1 aliphatic rings. The SMILES string of the molecule is CC1C(=O)N(CC(C)(C)C(=O)NN)C(=O)C1C. The molecule has 0 saturated carbocycles. The summed E-state index contributed by atoms with van der Waals surface area (Å²) in [5, 5.41) is 0. The van der Waals surface area contributed by atoms with Crippen molar-refractivity contribution in [3.63, 3.8) is 0 Å². The molecular weight excluding hydrogens is 222 g/mol. The number of hydrazine groups is 1. The number of nitrogens with one attached hydrogen (secondary N) is 1. The fourth-order valence-corrected chi connectivity index (χ4v) is 1.85. The van der Waals surface area contributed by atoms with E-state index in [1.165, 1.54) is 0 Å². The van der Waals surface area contributed by atoms with E-state index in [9.17, 15) is 14.4 Å². The van der Waals surface area contributed by atoms with E-state index in [1.807, 2.05) is 5.43 Å². The fourth-order valence-electron chi connectivity index (χ4n) is 1.85. The minimum Gasteiger partial charge on any atom is -0.294 e. The lowest BCUT2D eigenvalue weighted by atomic mass is 9.92. The van der Waals surface area contributed by atoms with Crippen molar-refractivity contribution in [1.82, 2.24) is 10.3 Å². The van der Waals surface area contributed by atoms with Gasteiger partial charge in [-0.15, -0.1) is 0 Å². The molecular formula is C11H19N3O3. The van der Waals surface area contributed by atoms with Crippen molar-refractivity contribution >= 4 is 17.7 Å². The Hall–Kier alpha value is -1.43. The van der Waals surface area contributed by atoms with Gasteiger partial charge in [-0.25, -0.2) is 5.84 Å². The molecule has 1 fully saturated rings. The Morgan fingerprint density at radius 2 is 1.71 bits per heavy atom. The number of carbonyl (C=O) groups excluding carboxylic acids is 3. The standard InChI is InChI=1S/C11H19N3O3/c1-6-7(2)9(16)14(8(6)15)5-11(3,4)10(17)13-12/h6-7H,5,12H2,1-4H3,(H,13,17). The predicted octanol–water partition coefficient (Wildman–Crippen LogP) is -0.356. The van der Waals surface area contributed by atoms with Crippen molar-refractivity contribution in [3.8, 4) is 0 Å². The minimum absolute atomic E-state index is 0.0579. The zero-order valence-corrected chi connectivity index (χ0v) is 10.6. The van der Waals surface area contributed by atoms with Gasteiger partial charge in [0.05, 0.1) is 5.41 Å². The molecule has 0 bridgehead atoms. The van der Waals surface area contributed by atoms with Crippen LogP contribution in [0.4, 0.5) is 0 Å². The van der Waals surface area contributed by atoms with E-state index >= 15 is 0 Å². The zero-order chi connectivity index (χ0) is 13.4. The van der Waals surface area contributed by atoms with Gasteiger partial charge in [-0.3, -0.25) is 24.7 Å². The Morgan fingerprint density at radius 3 is 2.06 bits per heavy atom. The molecule has 2 atom stereocenters. The topological polar surface area (TPSA) is 92.5 Å². The van der Waals surface area contributed by atoms with Gasteiger partial charge in [-0.2, -0.15) is 0 Å². The normalized spacial score (nSPS) is 25.4. The highest BCUT2D eigenvalue weighted by Crippen LogP contribution is 2.28. The van der Waals surface area contributed by atoms with Crippen LogP contribution in [0.15, 0.2) is 0 Å². The van der Waals surface area contributed by atoms with Gasteiger partial charge in [0.2, 0.25) is 17.7 Å². The largest absolute Gasteiger partial charge is 0.294 e. The highest BCUT2D eigenvalue weighted by atomic mass is 16.2. The maximum Gasteiger partial charge on any atom is 0.241 e. The molecule has 1 heterocycles. The molecule has 6 heteroatoms. The second-order valence-corrected chi connectivity index (χ2v) is 5.20. The summed E-state index contributed by atoms with van der Waals surface area (Å²) in [6.45, 7) is 6.79. The third-order valence-electron chi connectivity index (χ3n) is 3.36. The molecule has 2 unspecified atom stereocenters. The molecule has 0 aromatic carbocycles. The van der Waals surface area contributed by atoms with E-state index in [1.54, 1.807) is 27.7 Å². The molecule has 0 radical (unpaired) electrons. The van der Waals surface area contributed by atoms with Gasteiger partial charge >= 0.3 is 0 Å². The van der Waals surface area contributed by atoms with Crippen molar-refractivity contribution in [1.29, 1.82) is 0 Å². The molecule has 96 valence electrons. The Labute approximate surface area is 100 Å². The summed E-state index contributed by atoms with van der Waals surface area (Å²) in [7, 11) is 0. The third kappa shape index (κ3) is 2.31. The van der Waals surface area contributed by atoms with E-state index in [0.29, 0.717) is 0 Å². The Bertz CT molecular complexity index is 345. The molecule has 0 aliphatic carbocycles. The predicted molar refractivity (Wildman–Crippen MR) is 61.2 cm³/mol. The first-order chi connectivity index (χ1) is 7.72. The van der Waals surface area contributed by atoms with Gasteiger partial charge in [-0.05, 0) is 13.8 Å². The maximum atomic E-state index is 11.9. The van der Waals surface area contributed by atoms with Crippen LogP contribution in [0.1, 0.15) is 27.7 Å². The Morgan fingerprint density at radius 1 is 1.29 bits per heavy atom. The summed E-state index contributed by atoms with van der Waals surface area (Å²) in [5.74, 6) is 3.59. The van der Waals surface area contributed by atoms with E-state index in [4.69, 9.17) is 5.84 Å². The number of carbonyl (C=O) groups is 3. The summed E-state index contributed by atoms with van der Waals surface area (Å²) in [4.78, 5) is 36.4. The van der Waals surface area contributed by atoms with Crippen LogP contribution in [0, 0.1) is 17.3 Å². The molecule has 1 rings (SSSR count). The molecule has 6 nitrogen and oxygen atoms in total. The quantitative estimate of drug-likeness (QED) is 0.305. The summed E-state index contributed by atoms with van der Waals surface area (Å²) in [6, 6.07) is 0. The van der Waals surface area contributed by atoms with Crippen LogP contribution in [-0.4, -0.2) is 29.2 Å². The molecule has 0 spiro atoms. The van der Waals surface area contributed by atoms with E-state index in [0.717, 1.165) is 4.90 Å². The average molecular weight is 241 g/mol. The van der Waals surface area contributed by atoms with Crippen molar-refractivity contribution in [2.24, 2.45) is 23.1 Å². The number of hydrogen-bond acceptors (Lipinski definition) is 4. The van der Waals surface area contributed by atoms with Gasteiger partial charge in [0.25, 0.3) is 0 Å². The van der Waals surface area contributed by atoms with Crippen molar-refractivity contribution in [3.05, 3.63) is 0 Å². The Balaban J connectivity index is 2.86. The van der Waals surface area contributed by atoms with Gasteiger partial charge in [0, 0.05) is 18.4 Å². The summed E-state index contributed by atoms with van der Waals surface area (Å²) in [6.07, 6.45) is 0. The summed E-state index contributed by atoms with van der Waals surface area (Å²) >= 11 is 0. The lowest BCUT2D eigenvalue weighted by molar-refractivity contribution is -0.143. The van der Waals surface area contributed by atoms with Crippen LogP contribution < -0.4 is 11.3 Å². The van der Waals surface area contributed by atoms with Crippen molar-refractivity contribution in [2.45, 2.75) is 27.7 Å². The molecule has 17 heavy (non-hydrogen) atoms. The van der Waals surface area contributed by atoms with Gasteiger partial charge in [0.1, 0.15) is 0 Å². The van der Waals surface area contributed by atoms with Gasteiger partial charge in [-0.1, -0.05) is 13.8 Å². The molecule has 0 aromatic rings. The summed E-state index contributed by atoms with van der Waals surface area (Å²) < 4.78 is 0. The van der Waals surface area contributed by atoms with Gasteiger partial charge < -0.3 is 0 Å². The first-order valence-electron chi connectivity index (χ1n) is 5.58. The number of imide groups is 1. The van der Waals surface area contributed by atoms with Gasteiger partial charge in [0.15, 0.2) is 0 Å². The van der Waals surface area contributed by atoms with Crippen LogP contribution in [0.5, 0.6) is 0 Å². The maximum absolute atomic E-state index is 11.9. The van der Waals surface area contributed by atoms with E-state index in [2.05, 4.69) is 0 Å². The highest BCUT2D eigenvalue weighted by molar-refractivity contribution is 6.05. The number of nitrogens with two attached hydrogens (primary N) is 1. The lowest BCUT2D eigenvalue weighted by Gasteiger charge is -2.27. The fraction of sp³-hybridized carbons (Fsp3) is 0.727. The van der Waals surface area contributed by atoms with Crippen molar-refractivity contribution < 1.29 is 14.4 Å².